The zero-order valence-corrected chi connectivity index (χ0v) is 7.01. The predicted molar refractivity (Wildman–Crippen MR) is 39.9 cm³/mol. The predicted octanol–water partition coefficient (Wildman–Crippen LogP) is 0.0741. The lowest BCUT2D eigenvalue weighted by atomic mass is 10.3. The van der Waals surface area contributed by atoms with Gasteiger partial charge in [0.15, 0.2) is 0 Å². The van der Waals surface area contributed by atoms with Crippen molar-refractivity contribution < 1.29 is 14.3 Å². The molecule has 0 spiro atoms. The molecule has 11 heavy (non-hydrogen) atoms. The van der Waals surface area contributed by atoms with Crippen LogP contribution in [0.3, 0.4) is 0 Å². The van der Waals surface area contributed by atoms with Gasteiger partial charge in [0, 0.05) is 6.92 Å². The lowest BCUT2D eigenvalue weighted by molar-refractivity contribution is -0.146. The van der Waals surface area contributed by atoms with Gasteiger partial charge in [-0.15, -0.1) is 0 Å². The van der Waals surface area contributed by atoms with Gasteiger partial charge in [0.05, 0.1) is 6.61 Å². The van der Waals surface area contributed by atoms with Crippen LogP contribution in [0.1, 0.15) is 20.8 Å². The van der Waals surface area contributed by atoms with E-state index < -0.39 is 12.0 Å². The quantitative estimate of drug-likeness (QED) is 0.593. The lowest BCUT2D eigenvalue weighted by Gasteiger charge is -2.09. The molecule has 0 rings (SSSR count). The molecular formula is C7H13NO3. The van der Waals surface area contributed by atoms with E-state index in [-0.39, 0.29) is 5.91 Å². The second kappa shape index (κ2) is 4.71. The summed E-state index contributed by atoms with van der Waals surface area (Å²) >= 11 is 0. The van der Waals surface area contributed by atoms with Gasteiger partial charge in [-0.2, -0.15) is 0 Å². The van der Waals surface area contributed by atoms with Crippen LogP contribution in [-0.2, 0) is 14.3 Å². The third-order valence-electron chi connectivity index (χ3n) is 1.06. The van der Waals surface area contributed by atoms with Gasteiger partial charge in [0.2, 0.25) is 5.91 Å². The van der Waals surface area contributed by atoms with Crippen molar-refractivity contribution >= 4 is 11.9 Å². The van der Waals surface area contributed by atoms with Gasteiger partial charge in [-0.25, -0.2) is 4.79 Å². The highest BCUT2D eigenvalue weighted by atomic mass is 16.5. The highest BCUT2D eigenvalue weighted by Crippen LogP contribution is 1.86. The molecular weight excluding hydrogens is 146 g/mol. The molecule has 0 unspecified atom stereocenters. The molecule has 0 heterocycles. The van der Waals surface area contributed by atoms with Crippen LogP contribution in [0.2, 0.25) is 0 Å². The number of carbonyl (C=O) groups is 2. The van der Waals surface area contributed by atoms with Gasteiger partial charge in [-0.1, -0.05) is 0 Å². The van der Waals surface area contributed by atoms with Crippen molar-refractivity contribution in [2.75, 3.05) is 6.61 Å². The summed E-state index contributed by atoms with van der Waals surface area (Å²) in [6.07, 6.45) is 0. The first-order valence-corrected chi connectivity index (χ1v) is 3.51. The molecule has 0 aliphatic carbocycles. The van der Waals surface area contributed by atoms with Crippen molar-refractivity contribution in [2.24, 2.45) is 0 Å². The van der Waals surface area contributed by atoms with E-state index >= 15 is 0 Å². The van der Waals surface area contributed by atoms with E-state index in [1.165, 1.54) is 6.92 Å². The Morgan fingerprint density at radius 2 is 2.09 bits per heavy atom. The smallest absolute Gasteiger partial charge is 0.328 e. The highest BCUT2D eigenvalue weighted by Gasteiger charge is 2.13. The van der Waals surface area contributed by atoms with Crippen LogP contribution in [-0.4, -0.2) is 24.5 Å². The lowest BCUT2D eigenvalue weighted by Crippen LogP contribution is -2.38. The van der Waals surface area contributed by atoms with E-state index in [9.17, 15) is 9.59 Å². The van der Waals surface area contributed by atoms with Crippen molar-refractivity contribution in [1.82, 2.24) is 5.32 Å². The summed E-state index contributed by atoms with van der Waals surface area (Å²) < 4.78 is 4.65. The molecule has 0 aromatic carbocycles. The van der Waals surface area contributed by atoms with Crippen molar-refractivity contribution in [1.29, 1.82) is 0 Å². The van der Waals surface area contributed by atoms with E-state index in [2.05, 4.69) is 10.1 Å². The van der Waals surface area contributed by atoms with Crippen LogP contribution >= 0.6 is 0 Å². The monoisotopic (exact) mass is 159 g/mol. The largest absolute Gasteiger partial charge is 0.464 e. The highest BCUT2D eigenvalue weighted by molar-refractivity contribution is 5.82. The van der Waals surface area contributed by atoms with E-state index in [1.54, 1.807) is 13.8 Å². The van der Waals surface area contributed by atoms with Crippen LogP contribution < -0.4 is 5.32 Å². The molecule has 0 fully saturated rings. The summed E-state index contributed by atoms with van der Waals surface area (Å²) in [6, 6.07) is -0.549. The summed E-state index contributed by atoms with van der Waals surface area (Å²) in [7, 11) is 0. The summed E-state index contributed by atoms with van der Waals surface area (Å²) in [5, 5.41) is 2.41. The molecule has 4 heteroatoms. The van der Waals surface area contributed by atoms with Gasteiger partial charge in [0.25, 0.3) is 0 Å². The Hall–Kier alpha value is -1.06. The number of ether oxygens (including phenoxy) is 1. The summed E-state index contributed by atoms with van der Waals surface area (Å²) in [6.45, 7) is 5.00. The Kier molecular flexibility index (Phi) is 4.26. The number of hydrogen-bond acceptors (Lipinski definition) is 3. The molecule has 0 bridgehead atoms. The fourth-order valence-corrected chi connectivity index (χ4v) is 0.631. The minimum absolute atomic E-state index is 0.231. The molecule has 0 aliphatic heterocycles. The Morgan fingerprint density at radius 1 is 1.55 bits per heavy atom. The number of carbonyl (C=O) groups excluding carboxylic acids is 2. The Bertz CT molecular complexity index is 156. The van der Waals surface area contributed by atoms with Crippen LogP contribution in [0, 0.1) is 0 Å². The summed E-state index contributed by atoms with van der Waals surface area (Å²) in [4.78, 5) is 21.3. The second-order valence-corrected chi connectivity index (χ2v) is 2.17. The first-order chi connectivity index (χ1) is 5.07. The van der Waals surface area contributed by atoms with Gasteiger partial charge >= 0.3 is 5.97 Å². The number of amides is 1. The molecule has 1 N–H and O–H groups in total. The first-order valence-electron chi connectivity index (χ1n) is 3.51. The van der Waals surface area contributed by atoms with Crippen molar-refractivity contribution in [3.05, 3.63) is 0 Å². The SMILES string of the molecule is CCOC(=O)[C@H](C)NC(C)=O. The number of rotatable bonds is 3. The van der Waals surface area contributed by atoms with Crippen LogP contribution in [0.15, 0.2) is 0 Å². The van der Waals surface area contributed by atoms with Crippen molar-refractivity contribution in [3.63, 3.8) is 0 Å². The second-order valence-electron chi connectivity index (χ2n) is 2.17. The fourth-order valence-electron chi connectivity index (χ4n) is 0.631. The minimum atomic E-state index is -0.549. The fraction of sp³-hybridized carbons (Fsp3) is 0.714. The average molecular weight is 159 g/mol. The average Bonchev–Trinajstić information content (AvgIpc) is 1.86. The van der Waals surface area contributed by atoms with E-state index in [0.717, 1.165) is 0 Å². The maximum atomic E-state index is 10.8. The number of esters is 1. The Balaban J connectivity index is 3.73. The number of hydrogen-bond donors (Lipinski definition) is 1. The maximum absolute atomic E-state index is 10.8. The normalized spacial score (nSPS) is 11.9. The zero-order valence-electron chi connectivity index (χ0n) is 7.01. The van der Waals surface area contributed by atoms with Gasteiger partial charge in [-0.3, -0.25) is 4.79 Å². The molecule has 64 valence electrons. The molecule has 4 nitrogen and oxygen atoms in total. The van der Waals surface area contributed by atoms with Gasteiger partial charge in [0.1, 0.15) is 6.04 Å². The van der Waals surface area contributed by atoms with Crippen LogP contribution in [0.5, 0.6) is 0 Å². The van der Waals surface area contributed by atoms with Crippen molar-refractivity contribution in [2.45, 2.75) is 26.8 Å². The van der Waals surface area contributed by atoms with E-state index in [1.807, 2.05) is 0 Å². The molecule has 0 aromatic heterocycles. The summed E-state index contributed by atoms with van der Waals surface area (Å²) in [5.74, 6) is -0.631. The van der Waals surface area contributed by atoms with Crippen LogP contribution in [0.4, 0.5) is 0 Å². The van der Waals surface area contributed by atoms with Gasteiger partial charge in [-0.05, 0) is 13.8 Å². The molecule has 0 aromatic rings. The maximum Gasteiger partial charge on any atom is 0.328 e. The molecule has 0 aliphatic rings. The third-order valence-corrected chi connectivity index (χ3v) is 1.06. The first kappa shape index (κ1) is 9.94. The molecule has 0 radical (unpaired) electrons. The topological polar surface area (TPSA) is 55.4 Å². The molecule has 1 amide bonds. The van der Waals surface area contributed by atoms with E-state index in [4.69, 9.17) is 0 Å². The van der Waals surface area contributed by atoms with Crippen LogP contribution in [0.25, 0.3) is 0 Å². The standard InChI is InChI=1S/C7H13NO3/c1-4-11-7(10)5(2)8-6(3)9/h5H,4H2,1-3H3,(H,8,9)/t5-/m0/s1. The number of nitrogens with one attached hydrogen (secondary N) is 1. The summed E-state index contributed by atoms with van der Waals surface area (Å²) in [5.41, 5.74) is 0. The minimum Gasteiger partial charge on any atom is -0.464 e. The molecule has 0 saturated carbocycles. The molecule has 1 atom stereocenters. The van der Waals surface area contributed by atoms with E-state index in [0.29, 0.717) is 6.61 Å². The zero-order chi connectivity index (χ0) is 8.85. The Morgan fingerprint density at radius 3 is 2.45 bits per heavy atom. The van der Waals surface area contributed by atoms with Gasteiger partial charge < -0.3 is 10.1 Å². The molecule has 0 saturated heterocycles. The Labute approximate surface area is 65.9 Å². The third kappa shape index (κ3) is 4.36. The van der Waals surface area contributed by atoms with Crippen molar-refractivity contribution in [3.8, 4) is 0 Å².